The van der Waals surface area contributed by atoms with Crippen molar-refractivity contribution >= 4 is 43.6 Å². The van der Waals surface area contributed by atoms with Gasteiger partial charge in [-0.2, -0.15) is 9.98 Å². The van der Waals surface area contributed by atoms with E-state index in [-0.39, 0.29) is 4.90 Å². The second-order valence-electron chi connectivity index (χ2n) is 5.52. The number of aromatic nitrogens is 3. The number of hydrogen-bond acceptors (Lipinski definition) is 5. The maximum absolute atomic E-state index is 12.4. The number of fused-ring (bicyclic) bond motifs is 3. The molecule has 4 rings (SSSR count). The molecule has 1 aliphatic rings. The van der Waals surface area contributed by atoms with Crippen LogP contribution in [-0.4, -0.2) is 28.9 Å². The maximum atomic E-state index is 12.4. The molecule has 0 radical (unpaired) electrons. The molecular weight excluding hydrogens is 338 g/mol. The molecule has 0 unspecified atom stereocenters. The smallest absolute Gasteiger partial charge is 0.242 e. The van der Waals surface area contributed by atoms with Gasteiger partial charge in [0.15, 0.2) is 0 Å². The third-order valence-electron chi connectivity index (χ3n) is 3.92. The van der Waals surface area contributed by atoms with Gasteiger partial charge in [-0.15, -0.1) is 0 Å². The molecule has 0 amide bonds. The molecular formula is C14H10ClN5O2S. The number of benzene rings is 1. The highest BCUT2D eigenvalue weighted by molar-refractivity contribution is 7.89. The number of nitrogens with one attached hydrogen (secondary N) is 2. The highest BCUT2D eigenvalue weighted by Gasteiger charge is 2.46. The molecule has 0 aliphatic heterocycles. The second-order valence-corrected chi connectivity index (χ2v) is 7.56. The lowest BCUT2D eigenvalue weighted by Crippen LogP contribution is -2.35. The summed E-state index contributed by atoms with van der Waals surface area (Å²) in [5.74, 6) is 0. The second kappa shape index (κ2) is 4.64. The van der Waals surface area contributed by atoms with E-state index in [4.69, 9.17) is 16.9 Å². The first-order valence-electron chi connectivity index (χ1n) is 6.81. The number of rotatable bonds is 3. The van der Waals surface area contributed by atoms with E-state index in [2.05, 4.69) is 19.7 Å². The van der Waals surface area contributed by atoms with Gasteiger partial charge >= 0.3 is 0 Å². The van der Waals surface area contributed by atoms with E-state index in [0.29, 0.717) is 34.5 Å². The van der Waals surface area contributed by atoms with Gasteiger partial charge in [-0.05, 0) is 25.0 Å². The fraction of sp³-hybridized carbons (Fsp3) is 0.214. The summed E-state index contributed by atoms with van der Waals surface area (Å²) in [4.78, 5) is 11.1. The van der Waals surface area contributed by atoms with Crippen molar-refractivity contribution in [2.45, 2.75) is 23.3 Å². The minimum atomic E-state index is -3.77. The summed E-state index contributed by atoms with van der Waals surface area (Å²) >= 11 is 6.08. The van der Waals surface area contributed by atoms with Gasteiger partial charge < -0.3 is 4.98 Å². The van der Waals surface area contributed by atoms with Crippen LogP contribution in [0.2, 0.25) is 5.15 Å². The molecule has 3 aromatic rings. The van der Waals surface area contributed by atoms with E-state index < -0.39 is 15.6 Å². The van der Waals surface area contributed by atoms with Gasteiger partial charge in [-0.1, -0.05) is 17.7 Å². The third kappa shape index (κ3) is 2.25. The summed E-state index contributed by atoms with van der Waals surface area (Å²) in [6, 6.07) is 6.65. The minimum Gasteiger partial charge on any atom is -0.339 e. The number of hydrogen-bond donors (Lipinski definition) is 2. The van der Waals surface area contributed by atoms with E-state index in [9.17, 15) is 8.42 Å². The first kappa shape index (κ1) is 14.4. The van der Waals surface area contributed by atoms with Crippen molar-refractivity contribution in [3.8, 4) is 6.07 Å². The molecule has 2 heterocycles. The molecule has 1 fully saturated rings. The van der Waals surface area contributed by atoms with Gasteiger partial charge in [0.2, 0.25) is 10.0 Å². The van der Waals surface area contributed by atoms with Crippen molar-refractivity contribution in [1.29, 1.82) is 5.26 Å². The average molecular weight is 348 g/mol. The van der Waals surface area contributed by atoms with E-state index in [1.165, 1.54) is 18.5 Å². The molecule has 2 aromatic heterocycles. The Hall–Kier alpha value is -2.21. The minimum absolute atomic E-state index is 0.0853. The number of H-pyrrole nitrogens is 1. The molecule has 116 valence electrons. The summed E-state index contributed by atoms with van der Waals surface area (Å²) < 4.78 is 27.3. The zero-order valence-corrected chi connectivity index (χ0v) is 13.2. The molecule has 1 aromatic carbocycles. The van der Waals surface area contributed by atoms with Crippen LogP contribution in [0.25, 0.3) is 21.9 Å². The van der Waals surface area contributed by atoms with Crippen LogP contribution in [0.1, 0.15) is 12.8 Å². The van der Waals surface area contributed by atoms with Crippen molar-refractivity contribution in [3.05, 3.63) is 29.7 Å². The Bertz CT molecular complexity index is 1100. The highest BCUT2D eigenvalue weighted by Crippen LogP contribution is 2.36. The quantitative estimate of drug-likeness (QED) is 0.705. The summed E-state index contributed by atoms with van der Waals surface area (Å²) in [7, 11) is -3.77. The van der Waals surface area contributed by atoms with E-state index >= 15 is 0 Å². The molecule has 0 spiro atoms. The summed E-state index contributed by atoms with van der Waals surface area (Å²) in [5.41, 5.74) is 0.175. The van der Waals surface area contributed by atoms with Gasteiger partial charge in [0.1, 0.15) is 22.7 Å². The number of aromatic amines is 1. The topological polar surface area (TPSA) is 112 Å². The zero-order valence-electron chi connectivity index (χ0n) is 11.7. The SMILES string of the molecule is N#CC1(NS(=O)(=O)c2ccc3c(c2)[nH]c2ncnc(Cl)c23)CC1. The molecule has 0 bridgehead atoms. The molecule has 23 heavy (non-hydrogen) atoms. The van der Waals surface area contributed by atoms with Crippen molar-refractivity contribution in [1.82, 2.24) is 19.7 Å². The fourth-order valence-corrected chi connectivity index (χ4v) is 4.15. The lowest BCUT2D eigenvalue weighted by molar-refractivity contribution is 0.571. The van der Waals surface area contributed by atoms with Crippen LogP contribution in [0.3, 0.4) is 0 Å². The number of nitrogens with zero attached hydrogens (tertiary/aromatic N) is 3. The molecule has 0 atom stereocenters. The lowest BCUT2D eigenvalue weighted by Gasteiger charge is -2.10. The Morgan fingerprint density at radius 1 is 1.35 bits per heavy atom. The molecule has 7 nitrogen and oxygen atoms in total. The standard InChI is InChI=1S/C14H10ClN5O2S/c15-12-11-9-2-1-8(5-10(9)19-13(11)18-7-17-12)23(21,22)20-14(6-16)3-4-14/h1-2,5,7,20H,3-4H2,(H,17,18,19). The molecule has 9 heteroatoms. The summed E-state index contributed by atoms with van der Waals surface area (Å²) in [6.07, 6.45) is 2.40. The largest absolute Gasteiger partial charge is 0.339 e. The van der Waals surface area contributed by atoms with Crippen molar-refractivity contribution in [2.24, 2.45) is 0 Å². The molecule has 0 saturated heterocycles. The molecule has 2 N–H and O–H groups in total. The van der Waals surface area contributed by atoms with Gasteiger partial charge in [0.25, 0.3) is 0 Å². The maximum Gasteiger partial charge on any atom is 0.242 e. The highest BCUT2D eigenvalue weighted by atomic mass is 35.5. The van der Waals surface area contributed by atoms with Crippen LogP contribution in [0.5, 0.6) is 0 Å². The van der Waals surface area contributed by atoms with Crippen LogP contribution in [0, 0.1) is 11.3 Å². The predicted octanol–water partition coefficient (Wildman–Crippen LogP) is 2.10. The van der Waals surface area contributed by atoms with Crippen LogP contribution < -0.4 is 4.72 Å². The van der Waals surface area contributed by atoms with Gasteiger partial charge in [-0.25, -0.2) is 18.4 Å². The normalized spacial score (nSPS) is 16.5. The zero-order chi connectivity index (χ0) is 16.2. The van der Waals surface area contributed by atoms with E-state index in [0.717, 1.165) is 5.39 Å². The first-order chi connectivity index (χ1) is 10.9. The average Bonchev–Trinajstić information content (AvgIpc) is 3.17. The van der Waals surface area contributed by atoms with Crippen molar-refractivity contribution in [3.63, 3.8) is 0 Å². The van der Waals surface area contributed by atoms with E-state index in [1.807, 2.05) is 6.07 Å². The van der Waals surface area contributed by atoms with Gasteiger partial charge in [-0.3, -0.25) is 0 Å². The van der Waals surface area contributed by atoms with Crippen LogP contribution in [0.15, 0.2) is 29.4 Å². The van der Waals surface area contributed by atoms with Gasteiger partial charge in [0.05, 0.1) is 16.4 Å². The summed E-state index contributed by atoms with van der Waals surface area (Å²) in [6.45, 7) is 0. The number of nitriles is 1. The van der Waals surface area contributed by atoms with Crippen LogP contribution >= 0.6 is 11.6 Å². The Morgan fingerprint density at radius 3 is 2.83 bits per heavy atom. The predicted molar refractivity (Wildman–Crippen MR) is 84.3 cm³/mol. The van der Waals surface area contributed by atoms with Gasteiger partial charge in [0, 0.05) is 10.9 Å². The first-order valence-corrected chi connectivity index (χ1v) is 8.67. The fourth-order valence-electron chi connectivity index (χ4n) is 2.51. The van der Waals surface area contributed by atoms with Crippen molar-refractivity contribution < 1.29 is 8.42 Å². The number of sulfonamides is 1. The van der Waals surface area contributed by atoms with Crippen molar-refractivity contribution in [2.75, 3.05) is 0 Å². The molecule has 1 saturated carbocycles. The van der Waals surface area contributed by atoms with Crippen LogP contribution in [0.4, 0.5) is 0 Å². The molecule has 1 aliphatic carbocycles. The summed E-state index contributed by atoms with van der Waals surface area (Å²) in [5, 5.41) is 10.7. The number of halogens is 1. The Labute approximate surface area is 136 Å². The lowest BCUT2D eigenvalue weighted by atomic mass is 10.2. The Kier molecular flexibility index (Phi) is 2.90. The van der Waals surface area contributed by atoms with E-state index in [1.54, 1.807) is 6.07 Å². The van der Waals surface area contributed by atoms with Crippen LogP contribution in [-0.2, 0) is 10.0 Å². The monoisotopic (exact) mass is 347 g/mol. The Morgan fingerprint density at radius 2 is 2.13 bits per heavy atom. The third-order valence-corrected chi connectivity index (χ3v) is 5.74. The Balaban J connectivity index is 1.85.